The van der Waals surface area contributed by atoms with E-state index in [0.717, 1.165) is 11.2 Å². The molecule has 0 radical (unpaired) electrons. The molecule has 2 atom stereocenters. The molecule has 1 saturated heterocycles. The Kier molecular flexibility index (Phi) is 2.70. The van der Waals surface area contributed by atoms with Gasteiger partial charge in [-0.15, -0.1) is 0 Å². The molecule has 1 fully saturated rings. The van der Waals surface area contributed by atoms with Crippen molar-refractivity contribution in [2.75, 3.05) is 27.2 Å². The van der Waals surface area contributed by atoms with E-state index in [4.69, 9.17) is 0 Å². The van der Waals surface area contributed by atoms with E-state index >= 15 is 0 Å². The molecule has 0 spiro atoms. The monoisotopic (exact) mass is 247 g/mol. The standard InChI is InChI=1S/C13H19N4O/c1-15(2)17-9-10-8-16(18)7-5-11(10)12-4-3-6-14-13(12)17/h3-4,6,9,11,13-14H,5,7-8H2,1-2H3/q+1. The first-order valence-electron chi connectivity index (χ1n) is 6.38. The van der Waals surface area contributed by atoms with Gasteiger partial charge in [0, 0.05) is 47.9 Å². The minimum Gasteiger partial charge on any atom is -0.367 e. The molecule has 3 rings (SSSR count). The molecule has 96 valence electrons. The van der Waals surface area contributed by atoms with Gasteiger partial charge >= 0.3 is 0 Å². The maximum absolute atomic E-state index is 11.5. The summed E-state index contributed by atoms with van der Waals surface area (Å²) in [5.74, 6) is 0.425. The second-order valence-corrected chi connectivity index (χ2v) is 5.23. The van der Waals surface area contributed by atoms with Crippen molar-refractivity contribution in [3.63, 3.8) is 0 Å². The summed E-state index contributed by atoms with van der Waals surface area (Å²) in [5.41, 5.74) is 2.60. The van der Waals surface area contributed by atoms with Gasteiger partial charge in [0.15, 0.2) is 6.54 Å². The molecular weight excluding hydrogens is 228 g/mol. The van der Waals surface area contributed by atoms with E-state index in [1.54, 1.807) is 0 Å². The van der Waals surface area contributed by atoms with E-state index in [9.17, 15) is 4.91 Å². The molecule has 3 heterocycles. The molecule has 2 unspecified atom stereocenters. The van der Waals surface area contributed by atoms with Crippen LogP contribution in [0.1, 0.15) is 6.42 Å². The zero-order valence-electron chi connectivity index (χ0n) is 10.8. The van der Waals surface area contributed by atoms with Gasteiger partial charge in [0.1, 0.15) is 6.17 Å². The highest BCUT2D eigenvalue weighted by atomic mass is 16.3. The Labute approximate surface area is 107 Å². The highest BCUT2D eigenvalue weighted by Crippen LogP contribution is 2.36. The third kappa shape index (κ3) is 1.75. The summed E-state index contributed by atoms with van der Waals surface area (Å²) in [6.45, 7) is 1.17. The second-order valence-electron chi connectivity index (χ2n) is 5.23. The molecule has 5 heteroatoms. The lowest BCUT2D eigenvalue weighted by molar-refractivity contribution is -0.549. The van der Waals surface area contributed by atoms with Crippen LogP contribution in [0.3, 0.4) is 0 Å². The summed E-state index contributed by atoms with van der Waals surface area (Å²) in [5, 5.41) is 7.60. The minimum absolute atomic E-state index is 0.192. The van der Waals surface area contributed by atoms with Crippen LogP contribution < -0.4 is 5.32 Å². The largest absolute Gasteiger partial charge is 0.367 e. The van der Waals surface area contributed by atoms with E-state index in [1.807, 2.05) is 26.4 Å². The van der Waals surface area contributed by atoms with Crippen LogP contribution in [0.2, 0.25) is 0 Å². The van der Waals surface area contributed by atoms with Gasteiger partial charge in [-0.1, -0.05) is 6.08 Å². The Bertz CT molecular complexity index is 464. The highest BCUT2D eigenvalue weighted by molar-refractivity contribution is 5.35. The molecule has 0 aromatic heterocycles. The van der Waals surface area contributed by atoms with Crippen LogP contribution in [0, 0.1) is 10.8 Å². The lowest BCUT2D eigenvalue weighted by atomic mass is 9.81. The van der Waals surface area contributed by atoms with E-state index in [2.05, 4.69) is 27.6 Å². The zero-order valence-corrected chi connectivity index (χ0v) is 10.8. The molecule has 0 bridgehead atoms. The quantitative estimate of drug-likeness (QED) is 0.697. The summed E-state index contributed by atoms with van der Waals surface area (Å²) < 4.78 is 1.16. The van der Waals surface area contributed by atoms with Gasteiger partial charge < -0.3 is 5.32 Å². The summed E-state index contributed by atoms with van der Waals surface area (Å²) in [6.07, 6.45) is 9.46. The number of rotatable bonds is 1. The molecule has 3 aliphatic rings. The predicted molar refractivity (Wildman–Crippen MR) is 69.2 cm³/mol. The normalized spacial score (nSPS) is 30.4. The van der Waals surface area contributed by atoms with Gasteiger partial charge in [-0.2, -0.15) is 0 Å². The summed E-state index contributed by atoms with van der Waals surface area (Å²) >= 11 is 0. The number of hydrogen-bond acceptors (Lipinski definition) is 4. The van der Waals surface area contributed by atoms with Crippen LogP contribution in [-0.2, 0) is 0 Å². The Morgan fingerprint density at radius 3 is 3.11 bits per heavy atom. The Morgan fingerprint density at radius 2 is 2.33 bits per heavy atom. The van der Waals surface area contributed by atoms with Crippen LogP contribution >= 0.6 is 0 Å². The topological polar surface area (TPSA) is 38.6 Å². The lowest BCUT2D eigenvalue weighted by Crippen LogP contribution is -2.54. The van der Waals surface area contributed by atoms with Gasteiger partial charge in [-0.3, -0.25) is 5.01 Å². The van der Waals surface area contributed by atoms with E-state index < -0.39 is 0 Å². The van der Waals surface area contributed by atoms with Crippen molar-refractivity contribution in [2.45, 2.75) is 12.6 Å². The first kappa shape index (κ1) is 11.5. The Balaban J connectivity index is 2.01. The van der Waals surface area contributed by atoms with Crippen molar-refractivity contribution in [2.24, 2.45) is 5.92 Å². The molecule has 0 aromatic rings. The number of nitroso groups, excluding NO2 is 1. The van der Waals surface area contributed by atoms with Crippen molar-refractivity contribution < 1.29 is 4.76 Å². The van der Waals surface area contributed by atoms with Crippen molar-refractivity contribution in [3.8, 4) is 0 Å². The molecule has 0 aliphatic carbocycles. The smallest absolute Gasteiger partial charge is 0.215 e. The fraction of sp³-hybridized carbons (Fsp3) is 0.538. The van der Waals surface area contributed by atoms with Gasteiger partial charge in [0.2, 0.25) is 6.54 Å². The maximum Gasteiger partial charge on any atom is 0.215 e. The number of nitrogens with zero attached hydrogens (tertiary/aromatic N) is 3. The fourth-order valence-electron chi connectivity index (χ4n) is 2.98. The number of hydrogen-bond donors (Lipinski definition) is 1. The number of piperidine rings is 1. The molecule has 0 amide bonds. The lowest BCUT2D eigenvalue weighted by Gasteiger charge is -2.45. The van der Waals surface area contributed by atoms with Crippen LogP contribution in [-0.4, -0.2) is 48.1 Å². The summed E-state index contributed by atoms with van der Waals surface area (Å²) in [6, 6.07) is 0. The van der Waals surface area contributed by atoms with Gasteiger partial charge in [-0.25, -0.2) is 5.01 Å². The third-order valence-electron chi connectivity index (χ3n) is 3.86. The van der Waals surface area contributed by atoms with E-state index in [-0.39, 0.29) is 6.17 Å². The molecule has 18 heavy (non-hydrogen) atoms. The number of dihydropyridines is 1. The third-order valence-corrected chi connectivity index (χ3v) is 3.86. The van der Waals surface area contributed by atoms with Crippen LogP contribution in [0.25, 0.3) is 0 Å². The van der Waals surface area contributed by atoms with Crippen molar-refractivity contribution in [1.29, 1.82) is 0 Å². The molecule has 1 N–H and O–H groups in total. The maximum atomic E-state index is 11.5. The van der Waals surface area contributed by atoms with Crippen LogP contribution in [0.15, 0.2) is 35.7 Å². The molecule has 0 saturated carbocycles. The number of hydrazine groups is 1. The number of allylic oxidation sites excluding steroid dienone is 2. The highest BCUT2D eigenvalue weighted by Gasteiger charge is 2.40. The molecular formula is C13H19N4O+. The molecule has 5 nitrogen and oxygen atoms in total. The average Bonchev–Trinajstić information content (AvgIpc) is 2.37. The van der Waals surface area contributed by atoms with Crippen molar-refractivity contribution in [1.82, 2.24) is 15.3 Å². The molecule has 3 aliphatic heterocycles. The predicted octanol–water partition coefficient (Wildman–Crippen LogP) is 0.831. The van der Waals surface area contributed by atoms with Crippen LogP contribution in [0.5, 0.6) is 0 Å². The summed E-state index contributed by atoms with van der Waals surface area (Å²) in [4.78, 5) is 11.5. The first-order chi connectivity index (χ1) is 8.66. The average molecular weight is 247 g/mol. The van der Waals surface area contributed by atoms with Gasteiger partial charge in [0.25, 0.3) is 0 Å². The van der Waals surface area contributed by atoms with Crippen molar-refractivity contribution in [3.05, 3.63) is 40.6 Å². The number of nitrogens with one attached hydrogen (secondary N) is 1. The summed E-state index contributed by atoms with van der Waals surface area (Å²) in [7, 11) is 4.04. The van der Waals surface area contributed by atoms with E-state index in [0.29, 0.717) is 19.0 Å². The zero-order chi connectivity index (χ0) is 12.7. The minimum atomic E-state index is 0.192. The first-order valence-corrected chi connectivity index (χ1v) is 6.38. The fourth-order valence-corrected chi connectivity index (χ4v) is 2.98. The second kappa shape index (κ2) is 4.24. The van der Waals surface area contributed by atoms with Gasteiger partial charge in [-0.05, 0) is 17.8 Å². The van der Waals surface area contributed by atoms with Crippen molar-refractivity contribution >= 4 is 0 Å². The number of fused-ring (bicyclic) bond motifs is 3. The Morgan fingerprint density at radius 1 is 1.50 bits per heavy atom. The van der Waals surface area contributed by atoms with Crippen LogP contribution in [0.4, 0.5) is 0 Å². The SMILES string of the molecule is CN(C)N1C=C2C[N+](=O)CCC2C2=CC=CNC21. The molecule has 0 aromatic carbocycles. The van der Waals surface area contributed by atoms with Gasteiger partial charge in [0.05, 0.1) is 0 Å². The van der Waals surface area contributed by atoms with E-state index in [1.165, 1.54) is 11.1 Å². The Hall–Kier alpha value is -1.62.